The topological polar surface area (TPSA) is 92.7 Å². The predicted octanol–water partition coefficient (Wildman–Crippen LogP) is 1.78. The number of hydrogen-bond acceptors (Lipinski definition) is 5. The zero-order chi connectivity index (χ0) is 15.6. The van der Waals surface area contributed by atoms with Crippen LogP contribution in [0, 0.1) is 0 Å². The Morgan fingerprint density at radius 3 is 2.25 bits per heavy atom. The zero-order valence-corrected chi connectivity index (χ0v) is 12.7. The summed E-state index contributed by atoms with van der Waals surface area (Å²) in [6, 6.07) is 6.04. The van der Waals surface area contributed by atoms with Gasteiger partial charge in [0.15, 0.2) is 9.84 Å². The fourth-order valence-corrected chi connectivity index (χ4v) is 2.69. The maximum Gasteiger partial charge on any atom is 0.243 e. The second-order valence-electron chi connectivity index (χ2n) is 3.63. The molecule has 1 rings (SSSR count). The molecule has 0 spiro atoms. The lowest BCUT2D eigenvalue weighted by molar-refractivity contribution is -0.129. The van der Waals surface area contributed by atoms with Crippen LogP contribution in [0.1, 0.15) is 26.7 Å². The molecule has 0 aromatic heterocycles. The number of benzene rings is 1. The molecule has 1 aromatic rings. The van der Waals surface area contributed by atoms with E-state index in [1.807, 2.05) is 13.8 Å². The summed E-state index contributed by atoms with van der Waals surface area (Å²) in [5.74, 6) is -0.166. The molecule has 1 aromatic carbocycles. The highest BCUT2D eigenvalue weighted by Crippen LogP contribution is 2.17. The van der Waals surface area contributed by atoms with Crippen LogP contribution in [0.3, 0.4) is 0 Å². The molecule has 114 valence electrons. The van der Waals surface area contributed by atoms with Gasteiger partial charge in [0.25, 0.3) is 0 Å². The first-order valence-electron chi connectivity index (χ1n) is 6.29. The fraction of sp³-hybridized carbons (Fsp3) is 0.462. The van der Waals surface area contributed by atoms with Gasteiger partial charge in [-0.2, -0.15) is 0 Å². The molecule has 0 aliphatic heterocycles. The van der Waals surface area contributed by atoms with Crippen molar-refractivity contribution in [3.63, 3.8) is 0 Å². The van der Waals surface area contributed by atoms with Crippen LogP contribution in [0.15, 0.2) is 29.2 Å². The molecule has 1 amide bonds. The van der Waals surface area contributed by atoms with Crippen molar-refractivity contribution in [1.29, 1.82) is 0 Å². The molecule has 20 heavy (non-hydrogen) atoms. The molecular formula is C13H21NO5S. The third-order valence-electron chi connectivity index (χ3n) is 2.36. The minimum Gasteiger partial charge on any atom is -0.497 e. The van der Waals surface area contributed by atoms with Gasteiger partial charge in [0.05, 0.1) is 17.8 Å². The Labute approximate surface area is 119 Å². The molecule has 0 heterocycles. The quantitative estimate of drug-likeness (QED) is 0.617. The Balaban J connectivity index is 0.00000172. The summed E-state index contributed by atoms with van der Waals surface area (Å²) in [7, 11) is -1.91. The smallest absolute Gasteiger partial charge is 0.243 e. The monoisotopic (exact) mass is 303 g/mol. The lowest BCUT2D eigenvalue weighted by atomic mass is 10.3. The molecule has 7 heteroatoms. The second kappa shape index (κ2) is 9.33. The molecule has 0 saturated carbocycles. The predicted molar refractivity (Wildman–Crippen MR) is 75.6 cm³/mol. The summed E-state index contributed by atoms with van der Waals surface area (Å²) in [4.78, 5) is 10.9. The molecule has 6 nitrogen and oxygen atoms in total. The highest BCUT2D eigenvalue weighted by molar-refractivity contribution is 7.91. The Morgan fingerprint density at radius 2 is 1.80 bits per heavy atom. The van der Waals surface area contributed by atoms with Crippen LogP contribution in [0.4, 0.5) is 0 Å². The van der Waals surface area contributed by atoms with Gasteiger partial charge in [-0.05, 0) is 30.7 Å². The van der Waals surface area contributed by atoms with Crippen molar-refractivity contribution in [3.8, 4) is 5.75 Å². The first-order chi connectivity index (χ1) is 9.49. The third-order valence-corrected chi connectivity index (χ3v) is 4.18. The van der Waals surface area contributed by atoms with E-state index in [9.17, 15) is 13.2 Å². The van der Waals surface area contributed by atoms with Crippen molar-refractivity contribution < 1.29 is 23.2 Å². The van der Waals surface area contributed by atoms with Gasteiger partial charge < -0.3 is 4.74 Å². The summed E-state index contributed by atoms with van der Waals surface area (Å²) in [5.41, 5.74) is 1.46. The number of carbonyl (C=O) groups excluding carboxylic acids is 1. The van der Waals surface area contributed by atoms with Crippen molar-refractivity contribution in [2.45, 2.75) is 31.6 Å². The van der Waals surface area contributed by atoms with Gasteiger partial charge >= 0.3 is 0 Å². The number of nitrogens with one attached hydrogen (secondary N) is 1. The summed E-state index contributed by atoms with van der Waals surface area (Å²) in [6.07, 6.45) is 0.118. The summed E-state index contributed by atoms with van der Waals surface area (Å²) < 4.78 is 28.7. The average Bonchev–Trinajstić information content (AvgIpc) is 2.49. The first-order valence-corrected chi connectivity index (χ1v) is 7.94. The SMILES string of the molecule is CC.COc1ccc(S(=O)(=O)CCCC(=O)NO)cc1. The summed E-state index contributed by atoms with van der Waals surface area (Å²) in [5, 5.41) is 8.28. The van der Waals surface area contributed by atoms with E-state index in [0.717, 1.165) is 0 Å². The molecule has 2 N–H and O–H groups in total. The summed E-state index contributed by atoms with van der Waals surface area (Å²) in [6.45, 7) is 4.00. The molecular weight excluding hydrogens is 282 g/mol. The number of sulfone groups is 1. The number of amides is 1. The van der Waals surface area contributed by atoms with E-state index in [1.54, 1.807) is 12.1 Å². The van der Waals surface area contributed by atoms with E-state index in [-0.39, 0.29) is 23.5 Å². The van der Waals surface area contributed by atoms with Crippen LogP contribution in [-0.2, 0) is 14.6 Å². The number of rotatable bonds is 6. The zero-order valence-electron chi connectivity index (χ0n) is 11.9. The maximum absolute atomic E-state index is 11.9. The molecule has 0 atom stereocenters. The van der Waals surface area contributed by atoms with E-state index in [1.165, 1.54) is 24.7 Å². The third kappa shape index (κ3) is 6.03. The van der Waals surface area contributed by atoms with E-state index >= 15 is 0 Å². The van der Waals surface area contributed by atoms with Crippen LogP contribution in [0.25, 0.3) is 0 Å². The number of ether oxygens (including phenoxy) is 1. The van der Waals surface area contributed by atoms with Crippen LogP contribution in [0.5, 0.6) is 5.75 Å². The van der Waals surface area contributed by atoms with Crippen molar-refractivity contribution in [3.05, 3.63) is 24.3 Å². The largest absolute Gasteiger partial charge is 0.497 e. The Kier molecular flexibility index (Phi) is 8.58. The van der Waals surface area contributed by atoms with Gasteiger partial charge in [-0.1, -0.05) is 13.8 Å². The maximum atomic E-state index is 11.9. The van der Waals surface area contributed by atoms with E-state index in [4.69, 9.17) is 9.94 Å². The van der Waals surface area contributed by atoms with E-state index in [2.05, 4.69) is 0 Å². The van der Waals surface area contributed by atoms with Gasteiger partial charge in [0.1, 0.15) is 5.75 Å². The highest BCUT2D eigenvalue weighted by atomic mass is 32.2. The molecule has 0 fully saturated rings. The number of carbonyl (C=O) groups is 1. The van der Waals surface area contributed by atoms with Crippen molar-refractivity contribution >= 4 is 15.7 Å². The molecule has 0 aliphatic carbocycles. The minimum absolute atomic E-state index is 0.0358. The highest BCUT2D eigenvalue weighted by Gasteiger charge is 2.14. The lowest BCUT2D eigenvalue weighted by Gasteiger charge is -2.05. The number of methoxy groups -OCH3 is 1. The Morgan fingerprint density at radius 1 is 1.25 bits per heavy atom. The van der Waals surface area contributed by atoms with Gasteiger partial charge in [-0.3, -0.25) is 10.0 Å². The van der Waals surface area contributed by atoms with Gasteiger partial charge in [-0.15, -0.1) is 0 Å². The van der Waals surface area contributed by atoms with E-state index in [0.29, 0.717) is 5.75 Å². The van der Waals surface area contributed by atoms with Crippen molar-refractivity contribution in [2.75, 3.05) is 12.9 Å². The Bertz CT molecular complexity index is 496. The standard InChI is InChI=1S/C11H15NO5S.C2H6/c1-17-9-4-6-10(7-5-9)18(15,16)8-2-3-11(13)12-14;1-2/h4-7,14H,2-3,8H2,1H3,(H,12,13);1-2H3. The van der Waals surface area contributed by atoms with Crippen molar-refractivity contribution in [2.24, 2.45) is 0 Å². The Hall–Kier alpha value is -1.60. The minimum atomic E-state index is -3.41. The normalized spacial score (nSPS) is 10.2. The van der Waals surface area contributed by atoms with Gasteiger partial charge in [-0.25, -0.2) is 13.9 Å². The number of hydroxylamine groups is 1. The fourth-order valence-electron chi connectivity index (χ4n) is 1.38. The average molecular weight is 303 g/mol. The van der Waals surface area contributed by atoms with Gasteiger partial charge in [0.2, 0.25) is 5.91 Å². The van der Waals surface area contributed by atoms with Gasteiger partial charge in [0, 0.05) is 6.42 Å². The molecule has 0 radical (unpaired) electrons. The van der Waals surface area contributed by atoms with E-state index < -0.39 is 15.7 Å². The number of hydrogen-bond donors (Lipinski definition) is 2. The van der Waals surface area contributed by atoms with Crippen LogP contribution in [0.2, 0.25) is 0 Å². The van der Waals surface area contributed by atoms with Crippen molar-refractivity contribution in [1.82, 2.24) is 5.48 Å². The first kappa shape index (κ1) is 18.4. The summed E-state index contributed by atoms with van der Waals surface area (Å²) >= 11 is 0. The molecule has 0 aliphatic rings. The second-order valence-corrected chi connectivity index (χ2v) is 5.74. The lowest BCUT2D eigenvalue weighted by Crippen LogP contribution is -2.19. The van der Waals surface area contributed by atoms with Crippen LogP contribution in [-0.4, -0.2) is 32.4 Å². The molecule has 0 unspecified atom stereocenters. The molecule has 0 bridgehead atoms. The van der Waals surface area contributed by atoms with Crippen LogP contribution < -0.4 is 10.2 Å². The van der Waals surface area contributed by atoms with Crippen LogP contribution >= 0.6 is 0 Å². The molecule has 0 saturated heterocycles.